The van der Waals surface area contributed by atoms with Gasteiger partial charge < -0.3 is 4.42 Å². The molecule has 1 aliphatic carbocycles. The molecule has 0 unspecified atom stereocenters. The van der Waals surface area contributed by atoms with Crippen molar-refractivity contribution in [2.24, 2.45) is 0 Å². The Balaban J connectivity index is 1.53. The van der Waals surface area contributed by atoms with Crippen LogP contribution in [0.2, 0.25) is 0 Å². The smallest absolute Gasteiger partial charge is 0.268 e. The van der Waals surface area contributed by atoms with Crippen molar-refractivity contribution in [1.82, 2.24) is 25.0 Å². The van der Waals surface area contributed by atoms with Gasteiger partial charge in [0.1, 0.15) is 0 Å². The second-order valence-electron chi connectivity index (χ2n) is 7.37. The lowest BCUT2D eigenvalue weighted by Gasteiger charge is -2.09. The molecule has 4 aromatic rings. The molecule has 0 radical (unpaired) electrons. The van der Waals surface area contributed by atoms with E-state index < -0.39 is 0 Å². The molecule has 140 valence electrons. The lowest BCUT2D eigenvalue weighted by Crippen LogP contribution is -2.03. The first-order chi connectivity index (χ1) is 13.7. The number of pyridine rings is 1. The highest BCUT2D eigenvalue weighted by Gasteiger charge is 2.27. The summed E-state index contributed by atoms with van der Waals surface area (Å²) in [5.74, 6) is 1.08. The van der Waals surface area contributed by atoms with Gasteiger partial charge in [-0.3, -0.25) is 4.98 Å². The fourth-order valence-electron chi connectivity index (χ4n) is 3.95. The lowest BCUT2D eigenvalue weighted by molar-refractivity contribution is 0.515. The zero-order chi connectivity index (χ0) is 19.1. The number of aryl methyl sites for hydroxylation is 2. The molecule has 5 rings (SSSR count). The zero-order valence-electron chi connectivity index (χ0n) is 16.0. The van der Waals surface area contributed by atoms with Gasteiger partial charge in [0.15, 0.2) is 5.69 Å². The van der Waals surface area contributed by atoms with E-state index in [0.717, 1.165) is 36.2 Å². The summed E-state index contributed by atoms with van der Waals surface area (Å²) in [6, 6.07) is 10.4. The molecule has 0 saturated carbocycles. The maximum atomic E-state index is 5.97. The maximum absolute atomic E-state index is 5.97. The molecule has 1 aliphatic rings. The highest BCUT2D eigenvalue weighted by Crippen LogP contribution is 2.34. The average molecular weight is 371 g/mol. The molecule has 0 amide bonds. The van der Waals surface area contributed by atoms with E-state index in [4.69, 9.17) is 9.52 Å². The van der Waals surface area contributed by atoms with Crippen molar-refractivity contribution in [3.63, 3.8) is 0 Å². The number of nitrogens with zero attached hydrogens (tertiary/aromatic N) is 5. The average Bonchev–Trinajstić information content (AvgIpc) is 3.40. The molecule has 0 fully saturated rings. The van der Waals surface area contributed by atoms with Crippen molar-refractivity contribution in [3.8, 4) is 17.3 Å². The van der Waals surface area contributed by atoms with Gasteiger partial charge in [-0.2, -0.15) is 5.10 Å². The van der Waals surface area contributed by atoms with E-state index in [1.807, 2.05) is 18.3 Å². The third-order valence-corrected chi connectivity index (χ3v) is 5.26. The molecule has 0 atom stereocenters. The highest BCUT2D eigenvalue weighted by molar-refractivity contribution is 5.58. The summed E-state index contributed by atoms with van der Waals surface area (Å²) in [6.45, 7) is 4.24. The van der Waals surface area contributed by atoms with Crippen molar-refractivity contribution >= 4 is 0 Å². The summed E-state index contributed by atoms with van der Waals surface area (Å²) in [5.41, 5.74) is 7.94. The first-order valence-corrected chi connectivity index (χ1v) is 9.59. The van der Waals surface area contributed by atoms with Crippen molar-refractivity contribution in [3.05, 3.63) is 76.6 Å². The maximum Gasteiger partial charge on any atom is 0.268 e. The number of hydrogen-bond acceptors (Lipinski definition) is 5. The molecular formula is C22H21N5O. The second kappa shape index (κ2) is 6.71. The minimum Gasteiger partial charge on any atom is -0.419 e. The standard InChI is InChI=1S/C22H21N5O/c1-14-8-9-18(15(2)11-14)27-19-7-3-6-17(19)21(26-27)22-25-24-20(28-22)12-16-5-4-10-23-13-16/h4-5,8-11,13H,3,6-7,12H2,1-2H3. The third-order valence-electron chi connectivity index (χ3n) is 5.26. The number of fused-ring (bicyclic) bond motifs is 1. The van der Waals surface area contributed by atoms with Crippen LogP contribution < -0.4 is 0 Å². The van der Waals surface area contributed by atoms with Crippen molar-refractivity contribution in [1.29, 1.82) is 0 Å². The van der Waals surface area contributed by atoms with E-state index in [-0.39, 0.29) is 0 Å². The molecular weight excluding hydrogens is 350 g/mol. The van der Waals surface area contributed by atoms with Crippen LogP contribution in [-0.2, 0) is 19.3 Å². The van der Waals surface area contributed by atoms with Gasteiger partial charge in [-0.15, -0.1) is 10.2 Å². The van der Waals surface area contributed by atoms with Crippen LogP contribution in [0.15, 0.2) is 47.1 Å². The van der Waals surface area contributed by atoms with Crippen molar-refractivity contribution < 1.29 is 4.42 Å². The van der Waals surface area contributed by atoms with Crippen LogP contribution in [0.5, 0.6) is 0 Å². The van der Waals surface area contributed by atoms with Gasteiger partial charge in [-0.1, -0.05) is 23.8 Å². The largest absolute Gasteiger partial charge is 0.419 e. The molecule has 0 N–H and O–H groups in total. The van der Waals surface area contributed by atoms with Gasteiger partial charge in [-0.05, 0) is 56.4 Å². The van der Waals surface area contributed by atoms with Gasteiger partial charge in [-0.25, -0.2) is 4.68 Å². The van der Waals surface area contributed by atoms with Gasteiger partial charge in [0, 0.05) is 23.7 Å². The fraction of sp³-hybridized carbons (Fsp3) is 0.273. The minimum absolute atomic E-state index is 0.501. The quantitative estimate of drug-likeness (QED) is 0.542. The summed E-state index contributed by atoms with van der Waals surface area (Å²) in [5, 5.41) is 13.4. The highest BCUT2D eigenvalue weighted by atomic mass is 16.4. The summed E-state index contributed by atoms with van der Waals surface area (Å²) in [7, 11) is 0. The van der Waals surface area contributed by atoms with E-state index in [9.17, 15) is 0 Å². The Morgan fingerprint density at radius 2 is 2.04 bits per heavy atom. The molecule has 1 aromatic carbocycles. The Morgan fingerprint density at radius 1 is 1.11 bits per heavy atom. The number of hydrogen-bond donors (Lipinski definition) is 0. The Bertz CT molecular complexity index is 1140. The normalized spacial score (nSPS) is 13.1. The van der Waals surface area contributed by atoms with Gasteiger partial charge in [0.05, 0.1) is 12.1 Å². The summed E-state index contributed by atoms with van der Waals surface area (Å²) < 4.78 is 8.04. The second-order valence-corrected chi connectivity index (χ2v) is 7.37. The Hall–Kier alpha value is -3.28. The zero-order valence-corrected chi connectivity index (χ0v) is 16.0. The monoisotopic (exact) mass is 371 g/mol. The van der Waals surface area contributed by atoms with Gasteiger partial charge >= 0.3 is 0 Å². The number of aromatic nitrogens is 5. The summed E-state index contributed by atoms with van der Waals surface area (Å²) in [6.07, 6.45) is 7.28. The Labute approximate surface area is 163 Å². The minimum atomic E-state index is 0.501. The first-order valence-electron chi connectivity index (χ1n) is 9.59. The van der Waals surface area contributed by atoms with Crippen molar-refractivity contribution in [2.75, 3.05) is 0 Å². The number of benzene rings is 1. The molecule has 3 aromatic heterocycles. The van der Waals surface area contributed by atoms with E-state index in [1.54, 1.807) is 6.20 Å². The molecule has 0 bridgehead atoms. The predicted molar refractivity (Wildman–Crippen MR) is 105 cm³/mol. The molecule has 0 aliphatic heterocycles. The first kappa shape index (κ1) is 16.9. The van der Waals surface area contributed by atoms with Crippen LogP contribution in [0.3, 0.4) is 0 Å². The number of rotatable bonds is 4. The van der Waals surface area contributed by atoms with E-state index in [1.165, 1.54) is 22.4 Å². The van der Waals surface area contributed by atoms with Crippen LogP contribution in [-0.4, -0.2) is 25.0 Å². The third kappa shape index (κ3) is 2.91. The fourth-order valence-corrected chi connectivity index (χ4v) is 3.95. The van der Waals surface area contributed by atoms with Crippen LogP contribution in [0.25, 0.3) is 17.3 Å². The van der Waals surface area contributed by atoms with Crippen molar-refractivity contribution in [2.45, 2.75) is 39.5 Å². The summed E-state index contributed by atoms with van der Waals surface area (Å²) >= 11 is 0. The SMILES string of the molecule is Cc1ccc(-n2nc(-c3nnc(Cc4cccnc4)o3)c3c2CCC3)c(C)c1. The molecule has 0 spiro atoms. The molecule has 0 saturated heterocycles. The van der Waals surface area contributed by atoms with Gasteiger partial charge in [0.2, 0.25) is 5.89 Å². The Morgan fingerprint density at radius 3 is 2.86 bits per heavy atom. The van der Waals surface area contributed by atoms with E-state index in [2.05, 4.69) is 51.9 Å². The van der Waals surface area contributed by atoms with Crippen LogP contribution >= 0.6 is 0 Å². The topological polar surface area (TPSA) is 69.6 Å². The van der Waals surface area contributed by atoms with Crippen LogP contribution in [0, 0.1) is 13.8 Å². The van der Waals surface area contributed by atoms with Crippen LogP contribution in [0.4, 0.5) is 0 Å². The van der Waals surface area contributed by atoms with Gasteiger partial charge in [0.25, 0.3) is 5.89 Å². The predicted octanol–water partition coefficient (Wildman–Crippen LogP) is 4.01. The van der Waals surface area contributed by atoms with E-state index >= 15 is 0 Å². The molecule has 6 nitrogen and oxygen atoms in total. The Kier molecular flexibility index (Phi) is 4.04. The molecule has 28 heavy (non-hydrogen) atoms. The molecule has 3 heterocycles. The van der Waals surface area contributed by atoms with Crippen LogP contribution in [0.1, 0.15) is 40.3 Å². The lowest BCUT2D eigenvalue weighted by atomic mass is 10.1. The summed E-state index contributed by atoms with van der Waals surface area (Å²) in [4.78, 5) is 4.14. The van der Waals surface area contributed by atoms with E-state index in [0.29, 0.717) is 18.2 Å². The molecule has 6 heteroatoms.